The second-order valence-electron chi connectivity index (χ2n) is 5.14. The maximum atomic E-state index is 13.0. The average Bonchev–Trinajstić information content (AvgIpc) is 3.05. The molecule has 2 aromatic rings. The number of aromatic nitrogens is 2. The van der Waals surface area contributed by atoms with Crippen LogP contribution in [-0.2, 0) is 26.3 Å². The van der Waals surface area contributed by atoms with Crippen LogP contribution in [-0.4, -0.2) is 34.7 Å². The third kappa shape index (κ3) is 6.13. The number of halogens is 5. The van der Waals surface area contributed by atoms with E-state index in [1.165, 1.54) is 13.2 Å². The van der Waals surface area contributed by atoms with E-state index in [0.29, 0.717) is 12.5 Å². The number of alkyl halides is 3. The van der Waals surface area contributed by atoms with Crippen molar-refractivity contribution in [2.45, 2.75) is 19.3 Å². The molecule has 2 aromatic heterocycles. The van der Waals surface area contributed by atoms with Crippen molar-refractivity contribution in [3.05, 3.63) is 38.3 Å². The van der Waals surface area contributed by atoms with Crippen LogP contribution in [0.3, 0.4) is 0 Å². The maximum absolute atomic E-state index is 13.0. The summed E-state index contributed by atoms with van der Waals surface area (Å²) >= 11 is 5.00. The molecule has 0 aromatic carbocycles. The summed E-state index contributed by atoms with van der Waals surface area (Å²) in [6.07, 6.45) is -3.11. The number of hydrogen-bond acceptors (Lipinski definition) is 3. The van der Waals surface area contributed by atoms with Crippen LogP contribution in [0, 0.1) is 0 Å². The van der Waals surface area contributed by atoms with Gasteiger partial charge in [0.25, 0.3) is 0 Å². The SMILES string of the molecule is CN=C(NCc1cn(C)nc1C(F)(F)F)N(C)Cc1ccc(Br)s1.I. The lowest BCUT2D eigenvalue weighted by atomic mass is 10.2. The highest BCUT2D eigenvalue weighted by atomic mass is 127. The summed E-state index contributed by atoms with van der Waals surface area (Å²) in [5.74, 6) is 0.511. The molecule has 25 heavy (non-hydrogen) atoms. The van der Waals surface area contributed by atoms with E-state index in [2.05, 4.69) is 31.3 Å². The molecular weight excluding hydrogens is 534 g/mol. The van der Waals surface area contributed by atoms with E-state index in [-0.39, 0.29) is 36.1 Å². The molecule has 0 radical (unpaired) electrons. The highest BCUT2D eigenvalue weighted by Crippen LogP contribution is 2.30. The van der Waals surface area contributed by atoms with Crippen molar-refractivity contribution in [2.75, 3.05) is 14.1 Å². The van der Waals surface area contributed by atoms with Crippen LogP contribution in [0.5, 0.6) is 0 Å². The fourth-order valence-electron chi connectivity index (χ4n) is 2.21. The summed E-state index contributed by atoms with van der Waals surface area (Å²) in [4.78, 5) is 7.09. The molecule has 0 spiro atoms. The van der Waals surface area contributed by atoms with Crippen molar-refractivity contribution in [3.63, 3.8) is 0 Å². The number of nitrogens with zero attached hydrogens (tertiary/aromatic N) is 4. The molecule has 140 valence electrons. The van der Waals surface area contributed by atoms with E-state index < -0.39 is 11.9 Å². The zero-order chi connectivity index (χ0) is 17.9. The van der Waals surface area contributed by atoms with Crippen molar-refractivity contribution >= 4 is 57.2 Å². The lowest BCUT2D eigenvalue weighted by Gasteiger charge is -2.21. The summed E-state index contributed by atoms with van der Waals surface area (Å²) in [7, 11) is 4.89. The first-order chi connectivity index (χ1) is 11.2. The highest BCUT2D eigenvalue weighted by molar-refractivity contribution is 14.0. The lowest BCUT2D eigenvalue weighted by Crippen LogP contribution is -2.38. The molecule has 0 aliphatic rings. The van der Waals surface area contributed by atoms with Crippen LogP contribution >= 0.6 is 51.2 Å². The van der Waals surface area contributed by atoms with Gasteiger partial charge in [-0.1, -0.05) is 0 Å². The third-order valence-electron chi connectivity index (χ3n) is 3.21. The minimum atomic E-state index is -4.48. The van der Waals surface area contributed by atoms with Gasteiger partial charge in [-0.25, -0.2) is 0 Å². The second-order valence-corrected chi connectivity index (χ2v) is 7.68. The van der Waals surface area contributed by atoms with Gasteiger partial charge in [-0.15, -0.1) is 35.3 Å². The number of hydrogen-bond donors (Lipinski definition) is 1. The zero-order valence-electron chi connectivity index (χ0n) is 13.8. The number of aryl methyl sites for hydroxylation is 1. The normalized spacial score (nSPS) is 12.0. The van der Waals surface area contributed by atoms with Crippen LogP contribution in [0.4, 0.5) is 13.2 Å². The summed E-state index contributed by atoms with van der Waals surface area (Å²) in [6, 6.07) is 3.94. The molecule has 11 heteroatoms. The Morgan fingerprint density at radius 2 is 2.12 bits per heavy atom. The van der Waals surface area contributed by atoms with Crippen LogP contribution in [0.1, 0.15) is 16.1 Å². The van der Waals surface area contributed by atoms with E-state index in [9.17, 15) is 13.2 Å². The molecule has 0 unspecified atom stereocenters. The molecule has 0 atom stereocenters. The largest absolute Gasteiger partial charge is 0.435 e. The summed E-state index contributed by atoms with van der Waals surface area (Å²) in [5, 5.41) is 6.45. The van der Waals surface area contributed by atoms with Crippen LogP contribution in [0.15, 0.2) is 27.1 Å². The molecule has 0 fully saturated rings. The van der Waals surface area contributed by atoms with Gasteiger partial charge in [-0.3, -0.25) is 9.67 Å². The molecule has 2 heterocycles. The Kier molecular flexibility index (Phi) is 8.19. The Labute approximate surface area is 173 Å². The van der Waals surface area contributed by atoms with Gasteiger partial charge < -0.3 is 10.2 Å². The minimum absolute atomic E-state index is 0. The van der Waals surface area contributed by atoms with E-state index in [1.54, 1.807) is 18.4 Å². The van der Waals surface area contributed by atoms with E-state index in [0.717, 1.165) is 13.3 Å². The topological polar surface area (TPSA) is 45.5 Å². The van der Waals surface area contributed by atoms with E-state index in [4.69, 9.17) is 0 Å². The number of aliphatic imine (C=N–C) groups is 1. The Morgan fingerprint density at radius 3 is 2.64 bits per heavy atom. The summed E-state index contributed by atoms with van der Waals surface area (Å²) in [5.41, 5.74) is -0.795. The van der Waals surface area contributed by atoms with Gasteiger partial charge in [0.1, 0.15) is 0 Å². The molecule has 5 nitrogen and oxygen atoms in total. The Hall–Kier alpha value is -0.820. The molecule has 0 saturated heterocycles. The number of nitrogens with one attached hydrogen (secondary N) is 1. The van der Waals surface area contributed by atoms with Crippen molar-refractivity contribution in [1.29, 1.82) is 0 Å². The van der Waals surface area contributed by atoms with E-state index in [1.807, 2.05) is 24.1 Å². The van der Waals surface area contributed by atoms with Gasteiger partial charge in [-0.2, -0.15) is 18.3 Å². The van der Waals surface area contributed by atoms with Gasteiger partial charge in [0.15, 0.2) is 11.7 Å². The van der Waals surface area contributed by atoms with Gasteiger partial charge in [-0.05, 0) is 28.1 Å². The van der Waals surface area contributed by atoms with Crippen molar-refractivity contribution < 1.29 is 13.2 Å². The number of thiophene rings is 1. The predicted octanol–water partition coefficient (Wildman–Crippen LogP) is 4.09. The monoisotopic (exact) mass is 551 g/mol. The van der Waals surface area contributed by atoms with Crippen molar-refractivity contribution in [1.82, 2.24) is 20.0 Å². The summed E-state index contributed by atoms with van der Waals surface area (Å²) in [6.45, 7) is 0.600. The Balaban J connectivity index is 0.00000312. The molecule has 0 amide bonds. The standard InChI is InChI=1S/C14H17BrF3N5S.HI/c1-19-13(22(2)8-10-4-5-11(15)24-10)20-6-9-7-23(3)21-12(9)14(16,17)18;/h4-5,7H,6,8H2,1-3H3,(H,19,20);1H. The third-order valence-corrected chi connectivity index (χ3v) is 4.81. The van der Waals surface area contributed by atoms with Crippen molar-refractivity contribution in [2.24, 2.45) is 12.0 Å². The van der Waals surface area contributed by atoms with Gasteiger partial charge in [0, 0.05) is 44.3 Å². The van der Waals surface area contributed by atoms with Crippen LogP contribution < -0.4 is 5.32 Å². The minimum Gasteiger partial charge on any atom is -0.352 e. The van der Waals surface area contributed by atoms with E-state index >= 15 is 0 Å². The average molecular weight is 552 g/mol. The number of rotatable bonds is 4. The van der Waals surface area contributed by atoms with Crippen LogP contribution in [0.2, 0.25) is 0 Å². The first-order valence-corrected chi connectivity index (χ1v) is 8.57. The second kappa shape index (κ2) is 9.21. The van der Waals surface area contributed by atoms with Crippen molar-refractivity contribution in [3.8, 4) is 0 Å². The Morgan fingerprint density at radius 1 is 1.44 bits per heavy atom. The summed E-state index contributed by atoms with van der Waals surface area (Å²) < 4.78 is 41.1. The van der Waals surface area contributed by atoms with Crippen LogP contribution in [0.25, 0.3) is 0 Å². The molecular formula is C14H18BrF3IN5S. The molecule has 0 saturated carbocycles. The molecule has 0 bridgehead atoms. The smallest absolute Gasteiger partial charge is 0.352 e. The fourth-order valence-corrected chi connectivity index (χ4v) is 3.75. The lowest BCUT2D eigenvalue weighted by molar-refractivity contribution is -0.142. The first kappa shape index (κ1) is 22.2. The predicted molar refractivity (Wildman–Crippen MR) is 107 cm³/mol. The van der Waals surface area contributed by atoms with Gasteiger partial charge in [0.2, 0.25) is 0 Å². The maximum Gasteiger partial charge on any atom is 0.435 e. The molecule has 0 aliphatic heterocycles. The highest BCUT2D eigenvalue weighted by Gasteiger charge is 2.36. The first-order valence-electron chi connectivity index (χ1n) is 6.96. The quantitative estimate of drug-likeness (QED) is 0.354. The fraction of sp³-hybridized carbons (Fsp3) is 0.429. The zero-order valence-corrected chi connectivity index (χ0v) is 18.5. The van der Waals surface area contributed by atoms with Gasteiger partial charge in [0.05, 0.1) is 10.3 Å². The van der Waals surface area contributed by atoms with Gasteiger partial charge >= 0.3 is 6.18 Å². The Bertz CT molecular complexity index is 728. The number of guanidine groups is 1. The molecule has 0 aliphatic carbocycles. The molecule has 1 N–H and O–H groups in total. The molecule has 2 rings (SSSR count).